The van der Waals surface area contributed by atoms with Crippen molar-refractivity contribution in [2.45, 2.75) is 19.8 Å². The van der Waals surface area contributed by atoms with Gasteiger partial charge in [0.2, 0.25) is 0 Å². The smallest absolute Gasteiger partial charge is 0.161 e. The van der Waals surface area contributed by atoms with E-state index < -0.39 is 0 Å². The molecular formula is C12H16N2O. The monoisotopic (exact) mass is 204 g/mol. The zero-order valence-electron chi connectivity index (χ0n) is 8.99. The van der Waals surface area contributed by atoms with E-state index in [0.29, 0.717) is 11.3 Å². The van der Waals surface area contributed by atoms with Crippen molar-refractivity contribution in [3.05, 3.63) is 23.8 Å². The molecule has 0 radical (unpaired) electrons. The average molecular weight is 204 g/mol. The zero-order chi connectivity index (χ0) is 10.8. The van der Waals surface area contributed by atoms with Crippen LogP contribution in [0.2, 0.25) is 0 Å². The van der Waals surface area contributed by atoms with Crippen LogP contribution in [0.15, 0.2) is 18.2 Å². The van der Waals surface area contributed by atoms with Gasteiger partial charge >= 0.3 is 0 Å². The Bertz CT molecular complexity index is 381. The molecule has 1 aromatic rings. The number of Topliss-reactive ketones (excluding diaryl/α,β-unsaturated/α-hetero) is 1. The van der Waals surface area contributed by atoms with Gasteiger partial charge in [-0.15, -0.1) is 0 Å². The fourth-order valence-corrected chi connectivity index (χ4v) is 2.02. The maximum Gasteiger partial charge on any atom is 0.161 e. The van der Waals surface area contributed by atoms with Gasteiger partial charge in [0.05, 0.1) is 0 Å². The van der Waals surface area contributed by atoms with E-state index in [2.05, 4.69) is 4.90 Å². The van der Waals surface area contributed by atoms with Gasteiger partial charge in [-0.1, -0.05) is 0 Å². The molecular weight excluding hydrogens is 188 g/mol. The predicted octanol–water partition coefficient (Wildman–Crippen LogP) is 2.07. The second-order valence-corrected chi connectivity index (χ2v) is 4.02. The first-order chi connectivity index (χ1) is 7.18. The van der Waals surface area contributed by atoms with Crippen molar-refractivity contribution in [2.24, 2.45) is 0 Å². The maximum absolute atomic E-state index is 11.3. The summed E-state index contributed by atoms with van der Waals surface area (Å²) in [5.74, 6) is 0.0357. The van der Waals surface area contributed by atoms with E-state index in [4.69, 9.17) is 5.73 Å². The Morgan fingerprint density at radius 1 is 1.33 bits per heavy atom. The molecule has 15 heavy (non-hydrogen) atoms. The molecule has 2 N–H and O–H groups in total. The number of nitrogens with two attached hydrogens (primary N) is 1. The SMILES string of the molecule is CC(=O)c1cc(N2CCCC2)ccc1N. The Balaban J connectivity index is 2.33. The standard InChI is InChI=1S/C12H16N2O/c1-9(15)11-8-10(4-5-12(11)13)14-6-2-3-7-14/h4-5,8H,2-3,6-7,13H2,1H3. The highest BCUT2D eigenvalue weighted by molar-refractivity contribution is 6.00. The summed E-state index contributed by atoms with van der Waals surface area (Å²) in [4.78, 5) is 13.6. The van der Waals surface area contributed by atoms with Crippen LogP contribution in [0.4, 0.5) is 11.4 Å². The molecule has 1 saturated heterocycles. The summed E-state index contributed by atoms with van der Waals surface area (Å²) in [6, 6.07) is 5.72. The van der Waals surface area contributed by atoms with Crippen LogP contribution >= 0.6 is 0 Å². The molecule has 3 nitrogen and oxygen atoms in total. The zero-order valence-corrected chi connectivity index (χ0v) is 8.99. The number of anilines is 2. The van der Waals surface area contributed by atoms with Crippen molar-refractivity contribution in [1.29, 1.82) is 0 Å². The van der Waals surface area contributed by atoms with Gasteiger partial charge < -0.3 is 10.6 Å². The maximum atomic E-state index is 11.3. The number of ketones is 1. The third kappa shape index (κ3) is 1.96. The Morgan fingerprint density at radius 3 is 2.60 bits per heavy atom. The highest BCUT2D eigenvalue weighted by Crippen LogP contribution is 2.24. The van der Waals surface area contributed by atoms with Gasteiger partial charge in [0.1, 0.15) is 0 Å². The van der Waals surface area contributed by atoms with Crippen molar-refractivity contribution in [2.75, 3.05) is 23.7 Å². The summed E-state index contributed by atoms with van der Waals surface area (Å²) < 4.78 is 0. The fraction of sp³-hybridized carbons (Fsp3) is 0.417. The molecule has 0 saturated carbocycles. The van der Waals surface area contributed by atoms with Gasteiger partial charge in [-0.2, -0.15) is 0 Å². The largest absolute Gasteiger partial charge is 0.398 e. The topological polar surface area (TPSA) is 46.3 Å². The second kappa shape index (κ2) is 3.93. The van der Waals surface area contributed by atoms with Gasteiger partial charge in [0, 0.05) is 30.0 Å². The molecule has 0 spiro atoms. The molecule has 0 amide bonds. The van der Waals surface area contributed by atoms with Crippen molar-refractivity contribution >= 4 is 17.2 Å². The minimum Gasteiger partial charge on any atom is -0.398 e. The minimum atomic E-state index is 0.0357. The summed E-state index contributed by atoms with van der Waals surface area (Å²) in [6.07, 6.45) is 2.47. The molecule has 0 bridgehead atoms. The number of hydrogen-bond acceptors (Lipinski definition) is 3. The van der Waals surface area contributed by atoms with Gasteiger partial charge in [0.25, 0.3) is 0 Å². The number of carbonyl (C=O) groups is 1. The lowest BCUT2D eigenvalue weighted by Crippen LogP contribution is -2.18. The van der Waals surface area contributed by atoms with E-state index >= 15 is 0 Å². The lowest BCUT2D eigenvalue weighted by molar-refractivity contribution is 0.101. The van der Waals surface area contributed by atoms with Crippen LogP contribution in [0.5, 0.6) is 0 Å². The number of nitrogens with zero attached hydrogens (tertiary/aromatic N) is 1. The molecule has 1 aliphatic rings. The third-order valence-corrected chi connectivity index (χ3v) is 2.89. The van der Waals surface area contributed by atoms with Crippen LogP contribution in [0.25, 0.3) is 0 Å². The van der Waals surface area contributed by atoms with E-state index in [1.807, 2.05) is 18.2 Å². The van der Waals surface area contributed by atoms with Gasteiger partial charge in [0.15, 0.2) is 5.78 Å². The Labute approximate surface area is 89.9 Å². The molecule has 1 aromatic carbocycles. The molecule has 1 aliphatic heterocycles. The first-order valence-electron chi connectivity index (χ1n) is 5.34. The molecule has 80 valence electrons. The van der Waals surface area contributed by atoms with Crippen molar-refractivity contribution < 1.29 is 4.79 Å². The lowest BCUT2D eigenvalue weighted by atomic mass is 10.1. The van der Waals surface area contributed by atoms with Gasteiger partial charge in [-0.05, 0) is 38.0 Å². The molecule has 0 atom stereocenters. The Hall–Kier alpha value is -1.51. The van der Waals surface area contributed by atoms with Gasteiger partial charge in [-0.25, -0.2) is 0 Å². The number of hydrogen-bond donors (Lipinski definition) is 1. The van der Waals surface area contributed by atoms with Crippen LogP contribution in [-0.4, -0.2) is 18.9 Å². The van der Waals surface area contributed by atoms with Crippen LogP contribution < -0.4 is 10.6 Å². The minimum absolute atomic E-state index is 0.0357. The number of carbonyl (C=O) groups excluding carboxylic acids is 1. The van der Waals surface area contributed by atoms with Gasteiger partial charge in [-0.3, -0.25) is 4.79 Å². The van der Waals surface area contributed by atoms with E-state index in [9.17, 15) is 4.79 Å². The van der Waals surface area contributed by atoms with E-state index in [1.54, 1.807) is 6.92 Å². The third-order valence-electron chi connectivity index (χ3n) is 2.89. The van der Waals surface area contributed by atoms with Crippen molar-refractivity contribution in [1.82, 2.24) is 0 Å². The van der Waals surface area contributed by atoms with Crippen molar-refractivity contribution in [3.63, 3.8) is 0 Å². The van der Waals surface area contributed by atoms with Crippen LogP contribution in [0.1, 0.15) is 30.1 Å². The Kier molecular flexibility index (Phi) is 2.62. The van der Waals surface area contributed by atoms with E-state index in [0.717, 1.165) is 18.8 Å². The normalized spacial score (nSPS) is 15.7. The average Bonchev–Trinajstić information content (AvgIpc) is 2.71. The molecule has 0 unspecified atom stereocenters. The first-order valence-corrected chi connectivity index (χ1v) is 5.34. The highest BCUT2D eigenvalue weighted by atomic mass is 16.1. The highest BCUT2D eigenvalue weighted by Gasteiger charge is 2.14. The van der Waals surface area contributed by atoms with Crippen LogP contribution in [0.3, 0.4) is 0 Å². The molecule has 1 fully saturated rings. The van der Waals surface area contributed by atoms with E-state index in [1.165, 1.54) is 12.8 Å². The van der Waals surface area contributed by atoms with Crippen molar-refractivity contribution in [3.8, 4) is 0 Å². The summed E-state index contributed by atoms with van der Waals surface area (Å²) in [6.45, 7) is 3.72. The summed E-state index contributed by atoms with van der Waals surface area (Å²) in [7, 11) is 0. The summed E-state index contributed by atoms with van der Waals surface area (Å²) in [5.41, 5.74) is 8.08. The molecule has 1 heterocycles. The Morgan fingerprint density at radius 2 is 2.00 bits per heavy atom. The number of rotatable bonds is 2. The quantitative estimate of drug-likeness (QED) is 0.592. The van der Waals surface area contributed by atoms with Crippen LogP contribution in [-0.2, 0) is 0 Å². The molecule has 3 heteroatoms. The first kappa shape index (κ1) is 10.0. The second-order valence-electron chi connectivity index (χ2n) is 4.02. The number of benzene rings is 1. The summed E-state index contributed by atoms with van der Waals surface area (Å²) >= 11 is 0. The number of nitrogen functional groups attached to an aromatic ring is 1. The lowest BCUT2D eigenvalue weighted by Gasteiger charge is -2.18. The molecule has 0 aromatic heterocycles. The fourth-order valence-electron chi connectivity index (χ4n) is 2.02. The van der Waals surface area contributed by atoms with Crippen LogP contribution in [0, 0.1) is 0 Å². The molecule has 2 rings (SSSR count). The predicted molar refractivity (Wildman–Crippen MR) is 62.3 cm³/mol. The summed E-state index contributed by atoms with van der Waals surface area (Å²) in [5, 5.41) is 0. The molecule has 0 aliphatic carbocycles. The van der Waals surface area contributed by atoms with E-state index in [-0.39, 0.29) is 5.78 Å².